The van der Waals surface area contributed by atoms with Crippen LogP contribution in [-0.4, -0.2) is 25.7 Å². The molecule has 2 rings (SSSR count). The Morgan fingerprint density at radius 1 is 1.60 bits per heavy atom. The number of ether oxygens (including phenoxy) is 1. The molecule has 1 aromatic heterocycles. The molecule has 3 nitrogen and oxygen atoms in total. The van der Waals surface area contributed by atoms with E-state index in [1.54, 1.807) is 11.3 Å². The van der Waals surface area contributed by atoms with Crippen molar-refractivity contribution in [3.05, 3.63) is 17.0 Å². The molecule has 2 heterocycles. The van der Waals surface area contributed by atoms with Crippen LogP contribution in [0.15, 0.2) is 12.1 Å². The van der Waals surface area contributed by atoms with Crippen LogP contribution in [0.2, 0.25) is 0 Å². The maximum atomic E-state index is 11.4. The zero-order chi connectivity index (χ0) is 10.8. The van der Waals surface area contributed by atoms with Gasteiger partial charge in [-0.1, -0.05) is 0 Å². The molecular weight excluding hydrogens is 210 g/mol. The molecule has 1 aliphatic rings. The second-order valence-electron chi connectivity index (χ2n) is 3.74. The summed E-state index contributed by atoms with van der Waals surface area (Å²) in [4.78, 5) is 14.9. The van der Waals surface area contributed by atoms with Crippen molar-refractivity contribution in [2.75, 3.05) is 24.6 Å². The molecule has 0 aromatic carbocycles. The van der Waals surface area contributed by atoms with E-state index in [0.717, 1.165) is 13.1 Å². The third-order valence-corrected chi connectivity index (χ3v) is 3.60. The van der Waals surface area contributed by atoms with Crippen LogP contribution >= 0.6 is 11.3 Å². The Bertz CT molecular complexity index is 355. The molecule has 15 heavy (non-hydrogen) atoms. The van der Waals surface area contributed by atoms with E-state index >= 15 is 0 Å². The lowest BCUT2D eigenvalue weighted by molar-refractivity contribution is -0.148. The minimum absolute atomic E-state index is 0.0537. The van der Waals surface area contributed by atoms with E-state index in [9.17, 15) is 4.79 Å². The van der Waals surface area contributed by atoms with Gasteiger partial charge in [-0.3, -0.25) is 4.79 Å². The summed E-state index contributed by atoms with van der Waals surface area (Å²) < 4.78 is 4.97. The molecule has 0 aliphatic carbocycles. The highest BCUT2D eigenvalue weighted by molar-refractivity contribution is 7.16. The van der Waals surface area contributed by atoms with Gasteiger partial charge in [0.05, 0.1) is 17.5 Å². The van der Waals surface area contributed by atoms with Crippen LogP contribution in [0.25, 0.3) is 0 Å². The molecule has 0 radical (unpaired) electrons. The highest BCUT2D eigenvalue weighted by Crippen LogP contribution is 2.31. The average molecular weight is 225 g/mol. The Kier molecular flexibility index (Phi) is 2.95. The van der Waals surface area contributed by atoms with E-state index in [2.05, 4.69) is 24.0 Å². The minimum atomic E-state index is -0.0537. The number of rotatable bonds is 3. The van der Waals surface area contributed by atoms with Crippen molar-refractivity contribution in [2.45, 2.75) is 13.8 Å². The lowest BCUT2D eigenvalue weighted by Gasteiger charge is -2.38. The SMILES string of the molecule is CCOC(=O)C1CN(c2ccc(C)s2)C1. The van der Waals surface area contributed by atoms with Gasteiger partial charge in [0.25, 0.3) is 0 Å². The molecule has 0 bridgehead atoms. The van der Waals surface area contributed by atoms with Crippen LogP contribution < -0.4 is 4.90 Å². The Morgan fingerprint density at radius 3 is 2.87 bits per heavy atom. The van der Waals surface area contributed by atoms with Gasteiger partial charge < -0.3 is 9.64 Å². The lowest BCUT2D eigenvalue weighted by Crippen LogP contribution is -2.50. The average Bonchev–Trinajstić information content (AvgIpc) is 2.49. The van der Waals surface area contributed by atoms with E-state index in [4.69, 9.17) is 4.74 Å². The number of hydrogen-bond donors (Lipinski definition) is 0. The minimum Gasteiger partial charge on any atom is -0.466 e. The van der Waals surface area contributed by atoms with Crippen LogP contribution in [0.5, 0.6) is 0 Å². The van der Waals surface area contributed by atoms with Gasteiger partial charge in [0.2, 0.25) is 0 Å². The van der Waals surface area contributed by atoms with Crippen molar-refractivity contribution in [3.8, 4) is 0 Å². The van der Waals surface area contributed by atoms with Gasteiger partial charge in [0.15, 0.2) is 0 Å². The standard InChI is InChI=1S/C11H15NO2S/c1-3-14-11(13)9-6-12(7-9)10-5-4-8(2)15-10/h4-5,9H,3,6-7H2,1-2H3. The molecule has 0 saturated carbocycles. The largest absolute Gasteiger partial charge is 0.466 e. The van der Waals surface area contributed by atoms with E-state index in [1.165, 1.54) is 9.88 Å². The van der Waals surface area contributed by atoms with Gasteiger partial charge in [-0.25, -0.2) is 0 Å². The fourth-order valence-electron chi connectivity index (χ4n) is 1.66. The number of anilines is 1. The molecule has 82 valence electrons. The topological polar surface area (TPSA) is 29.5 Å². The van der Waals surface area contributed by atoms with Crippen molar-refractivity contribution in [2.24, 2.45) is 5.92 Å². The third-order valence-electron chi connectivity index (χ3n) is 2.54. The molecule has 0 unspecified atom stereocenters. The maximum Gasteiger partial charge on any atom is 0.312 e. The first-order chi connectivity index (χ1) is 7.20. The molecule has 1 aliphatic heterocycles. The molecule has 1 saturated heterocycles. The van der Waals surface area contributed by atoms with Gasteiger partial charge in [-0.05, 0) is 26.0 Å². The van der Waals surface area contributed by atoms with E-state index in [0.29, 0.717) is 6.61 Å². The Labute approximate surface area is 93.7 Å². The van der Waals surface area contributed by atoms with Gasteiger partial charge in [0, 0.05) is 18.0 Å². The monoisotopic (exact) mass is 225 g/mol. The maximum absolute atomic E-state index is 11.4. The second-order valence-corrected chi connectivity index (χ2v) is 5.00. The summed E-state index contributed by atoms with van der Waals surface area (Å²) in [6.45, 7) is 6.03. The number of hydrogen-bond acceptors (Lipinski definition) is 4. The number of nitrogens with zero attached hydrogens (tertiary/aromatic N) is 1. The van der Waals surface area contributed by atoms with E-state index < -0.39 is 0 Å². The van der Waals surface area contributed by atoms with Gasteiger partial charge in [-0.15, -0.1) is 11.3 Å². The molecule has 0 spiro atoms. The highest BCUT2D eigenvalue weighted by Gasteiger charge is 2.34. The Morgan fingerprint density at radius 2 is 2.33 bits per heavy atom. The summed E-state index contributed by atoms with van der Waals surface area (Å²) in [7, 11) is 0. The van der Waals surface area contributed by atoms with Crippen LogP contribution in [0.4, 0.5) is 5.00 Å². The van der Waals surface area contributed by atoms with E-state index in [1.807, 2.05) is 6.92 Å². The number of carbonyl (C=O) groups is 1. The molecule has 4 heteroatoms. The zero-order valence-electron chi connectivity index (χ0n) is 9.03. The molecule has 0 amide bonds. The predicted octanol–water partition coefficient (Wildman–Crippen LogP) is 2.06. The van der Waals surface area contributed by atoms with Crippen LogP contribution in [0, 0.1) is 12.8 Å². The Balaban J connectivity index is 1.85. The summed E-state index contributed by atoms with van der Waals surface area (Å²) in [6, 6.07) is 4.22. The van der Waals surface area contributed by atoms with Gasteiger partial charge in [0.1, 0.15) is 0 Å². The van der Waals surface area contributed by atoms with Crippen LogP contribution in [-0.2, 0) is 9.53 Å². The van der Waals surface area contributed by atoms with Crippen molar-refractivity contribution in [1.82, 2.24) is 0 Å². The van der Waals surface area contributed by atoms with Crippen molar-refractivity contribution >= 4 is 22.3 Å². The lowest BCUT2D eigenvalue weighted by atomic mass is 10.0. The number of thiophene rings is 1. The van der Waals surface area contributed by atoms with Gasteiger partial charge in [-0.2, -0.15) is 0 Å². The van der Waals surface area contributed by atoms with Crippen molar-refractivity contribution < 1.29 is 9.53 Å². The van der Waals surface area contributed by atoms with Crippen LogP contribution in [0.1, 0.15) is 11.8 Å². The molecule has 1 fully saturated rings. The Hall–Kier alpha value is -1.03. The number of aryl methyl sites for hydroxylation is 1. The summed E-state index contributed by atoms with van der Waals surface area (Å²) in [5.41, 5.74) is 0. The third kappa shape index (κ3) is 2.15. The second kappa shape index (κ2) is 4.23. The molecule has 0 atom stereocenters. The molecule has 0 N–H and O–H groups in total. The first-order valence-corrected chi connectivity index (χ1v) is 6.00. The number of esters is 1. The van der Waals surface area contributed by atoms with E-state index in [-0.39, 0.29) is 11.9 Å². The highest BCUT2D eigenvalue weighted by atomic mass is 32.1. The summed E-state index contributed by atoms with van der Waals surface area (Å²) in [5, 5.41) is 1.26. The molecule has 1 aromatic rings. The fourth-order valence-corrected chi connectivity index (χ4v) is 2.54. The zero-order valence-corrected chi connectivity index (χ0v) is 9.84. The summed E-state index contributed by atoms with van der Waals surface area (Å²) >= 11 is 1.77. The smallest absolute Gasteiger partial charge is 0.312 e. The predicted molar refractivity (Wildman–Crippen MR) is 61.4 cm³/mol. The number of carbonyl (C=O) groups excluding carboxylic acids is 1. The first kappa shape index (κ1) is 10.5. The van der Waals surface area contributed by atoms with Crippen molar-refractivity contribution in [1.29, 1.82) is 0 Å². The summed E-state index contributed by atoms with van der Waals surface area (Å²) in [5.74, 6) is 0.0226. The van der Waals surface area contributed by atoms with Crippen LogP contribution in [0.3, 0.4) is 0 Å². The quantitative estimate of drug-likeness (QED) is 0.737. The van der Waals surface area contributed by atoms with Crippen molar-refractivity contribution in [3.63, 3.8) is 0 Å². The normalized spacial score (nSPS) is 16.3. The van der Waals surface area contributed by atoms with Gasteiger partial charge >= 0.3 is 5.97 Å². The summed E-state index contributed by atoms with van der Waals surface area (Å²) in [6.07, 6.45) is 0. The first-order valence-electron chi connectivity index (χ1n) is 5.18. The molecular formula is C11H15NO2S. The fraction of sp³-hybridized carbons (Fsp3) is 0.545.